The quantitative estimate of drug-likeness (QED) is 0.289. The SMILES string of the molecule is C=CCn1c(=O)c2cnc(Nc3ccc(N4CCN(C)CC4)c(OC)c3)nc2n1-c1cccc(-c2cnccn2)n1. The lowest BCUT2D eigenvalue weighted by Gasteiger charge is -2.34. The second-order valence-electron chi connectivity index (χ2n) is 9.69. The molecule has 0 atom stereocenters. The van der Waals surface area contributed by atoms with Crippen LogP contribution in [-0.4, -0.2) is 79.5 Å². The van der Waals surface area contributed by atoms with Crippen LogP contribution in [-0.2, 0) is 6.54 Å². The second-order valence-corrected chi connectivity index (χ2v) is 9.69. The van der Waals surface area contributed by atoms with E-state index in [2.05, 4.69) is 43.7 Å². The van der Waals surface area contributed by atoms with Crippen molar-refractivity contribution in [3.63, 3.8) is 0 Å². The lowest BCUT2D eigenvalue weighted by atomic mass is 10.2. The van der Waals surface area contributed by atoms with E-state index in [-0.39, 0.29) is 12.1 Å². The normalized spacial score (nSPS) is 13.9. The molecule has 208 valence electrons. The zero-order valence-electron chi connectivity index (χ0n) is 22.9. The van der Waals surface area contributed by atoms with Crippen LogP contribution in [0.5, 0.6) is 5.75 Å². The largest absolute Gasteiger partial charge is 0.495 e. The number of likely N-dealkylation sites (N-methyl/N-ethyl adjacent to an activating group) is 1. The van der Waals surface area contributed by atoms with Crippen LogP contribution in [0.25, 0.3) is 28.2 Å². The Hall–Kier alpha value is -5.10. The lowest BCUT2D eigenvalue weighted by molar-refractivity contribution is 0.311. The van der Waals surface area contributed by atoms with Crippen molar-refractivity contribution in [2.24, 2.45) is 0 Å². The number of aromatic nitrogens is 7. The van der Waals surface area contributed by atoms with Crippen molar-refractivity contribution in [1.29, 1.82) is 0 Å². The Labute approximate surface area is 236 Å². The zero-order valence-corrected chi connectivity index (χ0v) is 22.9. The van der Waals surface area contributed by atoms with Gasteiger partial charge in [-0.25, -0.2) is 19.3 Å². The van der Waals surface area contributed by atoms with Crippen LogP contribution >= 0.6 is 0 Å². The van der Waals surface area contributed by atoms with Gasteiger partial charge in [0.1, 0.15) is 16.8 Å². The van der Waals surface area contributed by atoms with Crippen LogP contribution in [0.3, 0.4) is 0 Å². The van der Waals surface area contributed by atoms with E-state index < -0.39 is 0 Å². The molecular formula is C29H30N10O2. The van der Waals surface area contributed by atoms with Crippen LogP contribution in [0.2, 0.25) is 0 Å². The van der Waals surface area contributed by atoms with Crippen molar-refractivity contribution in [2.75, 3.05) is 50.6 Å². The number of pyridine rings is 1. The fraction of sp³-hybridized carbons (Fsp3) is 0.241. The molecular weight excluding hydrogens is 520 g/mol. The maximum absolute atomic E-state index is 13.3. The molecule has 12 heteroatoms. The molecule has 1 N–H and O–H groups in total. The first-order valence-corrected chi connectivity index (χ1v) is 13.3. The van der Waals surface area contributed by atoms with Crippen LogP contribution in [0.15, 0.2) is 78.6 Å². The van der Waals surface area contributed by atoms with Crippen LogP contribution in [0.4, 0.5) is 17.3 Å². The average molecular weight is 551 g/mol. The highest BCUT2D eigenvalue weighted by molar-refractivity contribution is 5.77. The summed E-state index contributed by atoms with van der Waals surface area (Å²) in [5.41, 5.74) is 3.23. The van der Waals surface area contributed by atoms with Gasteiger partial charge in [-0.05, 0) is 31.3 Å². The second kappa shape index (κ2) is 11.2. The molecule has 1 aliphatic rings. The Morgan fingerprint density at radius 2 is 1.88 bits per heavy atom. The van der Waals surface area contributed by atoms with Crippen molar-refractivity contribution >= 4 is 28.4 Å². The summed E-state index contributed by atoms with van der Waals surface area (Å²) in [4.78, 5) is 40.5. The molecule has 1 saturated heterocycles. The predicted molar refractivity (Wildman–Crippen MR) is 158 cm³/mol. The molecule has 0 radical (unpaired) electrons. The van der Waals surface area contributed by atoms with E-state index in [1.807, 2.05) is 36.4 Å². The third kappa shape index (κ3) is 5.12. The highest BCUT2D eigenvalue weighted by Gasteiger charge is 2.20. The summed E-state index contributed by atoms with van der Waals surface area (Å²) < 4.78 is 8.95. The highest BCUT2D eigenvalue weighted by Crippen LogP contribution is 2.33. The predicted octanol–water partition coefficient (Wildman–Crippen LogP) is 3.12. The van der Waals surface area contributed by atoms with E-state index in [1.165, 1.54) is 10.9 Å². The van der Waals surface area contributed by atoms with Gasteiger partial charge in [-0.3, -0.25) is 14.8 Å². The fourth-order valence-electron chi connectivity index (χ4n) is 4.92. The summed E-state index contributed by atoms with van der Waals surface area (Å²) in [7, 11) is 3.80. The fourth-order valence-corrected chi connectivity index (χ4v) is 4.92. The van der Waals surface area contributed by atoms with Gasteiger partial charge in [0.15, 0.2) is 11.5 Å². The van der Waals surface area contributed by atoms with E-state index in [0.29, 0.717) is 34.2 Å². The van der Waals surface area contributed by atoms with Gasteiger partial charge >= 0.3 is 0 Å². The summed E-state index contributed by atoms with van der Waals surface area (Å²) in [6.45, 7) is 7.96. The van der Waals surface area contributed by atoms with Gasteiger partial charge in [-0.1, -0.05) is 12.1 Å². The molecule has 5 aromatic rings. The van der Waals surface area contributed by atoms with Crippen LogP contribution in [0.1, 0.15) is 0 Å². The van der Waals surface area contributed by atoms with E-state index >= 15 is 0 Å². The number of benzene rings is 1. The number of rotatable bonds is 8. The summed E-state index contributed by atoms with van der Waals surface area (Å²) in [6, 6.07) is 11.5. The van der Waals surface area contributed by atoms with Gasteiger partial charge in [0, 0.05) is 56.5 Å². The van der Waals surface area contributed by atoms with Gasteiger partial charge in [-0.15, -0.1) is 6.58 Å². The average Bonchev–Trinajstić information content (AvgIpc) is 3.28. The number of nitrogens with one attached hydrogen (secondary N) is 1. The molecule has 6 rings (SSSR count). The minimum atomic E-state index is -0.239. The number of nitrogens with zero attached hydrogens (tertiary/aromatic N) is 9. The van der Waals surface area contributed by atoms with E-state index in [9.17, 15) is 4.79 Å². The number of allylic oxidation sites excluding steroid dienone is 1. The number of piperazine rings is 1. The number of anilines is 3. The molecule has 12 nitrogen and oxygen atoms in total. The minimum absolute atomic E-state index is 0.239. The summed E-state index contributed by atoms with van der Waals surface area (Å²) in [5, 5.41) is 3.64. The van der Waals surface area contributed by atoms with Crippen molar-refractivity contribution in [2.45, 2.75) is 6.54 Å². The molecule has 0 saturated carbocycles. The first kappa shape index (κ1) is 26.1. The molecule has 1 aromatic carbocycles. The van der Waals surface area contributed by atoms with Crippen molar-refractivity contribution in [1.82, 2.24) is 39.2 Å². The van der Waals surface area contributed by atoms with Gasteiger partial charge in [-0.2, -0.15) is 4.98 Å². The van der Waals surface area contributed by atoms with Gasteiger partial charge in [0.05, 0.1) is 31.2 Å². The molecule has 1 aliphatic heterocycles. The molecule has 41 heavy (non-hydrogen) atoms. The Morgan fingerprint density at radius 3 is 2.63 bits per heavy atom. The third-order valence-corrected chi connectivity index (χ3v) is 7.03. The van der Waals surface area contributed by atoms with Gasteiger partial charge in [0.25, 0.3) is 5.56 Å². The number of hydrogen-bond donors (Lipinski definition) is 1. The Bertz CT molecular complexity index is 1760. The van der Waals surface area contributed by atoms with E-state index in [1.54, 1.807) is 36.5 Å². The van der Waals surface area contributed by atoms with Gasteiger partial charge in [0.2, 0.25) is 5.95 Å². The first-order chi connectivity index (χ1) is 20.1. The van der Waals surface area contributed by atoms with Crippen molar-refractivity contribution in [3.05, 3.63) is 84.2 Å². The third-order valence-electron chi connectivity index (χ3n) is 7.03. The smallest absolute Gasteiger partial charge is 0.278 e. The summed E-state index contributed by atoms with van der Waals surface area (Å²) in [6.07, 6.45) is 8.05. The Morgan fingerprint density at radius 1 is 1.02 bits per heavy atom. The van der Waals surface area contributed by atoms with Crippen molar-refractivity contribution in [3.8, 4) is 23.0 Å². The number of methoxy groups -OCH3 is 1. The molecule has 0 aliphatic carbocycles. The highest BCUT2D eigenvalue weighted by atomic mass is 16.5. The maximum Gasteiger partial charge on any atom is 0.278 e. The van der Waals surface area contributed by atoms with E-state index in [0.717, 1.165) is 43.3 Å². The maximum atomic E-state index is 13.3. The molecule has 4 aromatic heterocycles. The van der Waals surface area contributed by atoms with Gasteiger partial charge < -0.3 is 19.9 Å². The van der Waals surface area contributed by atoms with E-state index in [4.69, 9.17) is 14.7 Å². The molecule has 0 unspecified atom stereocenters. The number of fused-ring (bicyclic) bond motifs is 1. The topological polar surface area (TPSA) is 119 Å². The van der Waals surface area contributed by atoms with Crippen molar-refractivity contribution < 1.29 is 4.74 Å². The molecule has 5 heterocycles. The lowest BCUT2D eigenvalue weighted by Crippen LogP contribution is -2.44. The number of ether oxygens (including phenoxy) is 1. The number of hydrogen-bond acceptors (Lipinski definition) is 10. The Balaban J connectivity index is 1.38. The summed E-state index contributed by atoms with van der Waals surface area (Å²) in [5.74, 6) is 1.60. The minimum Gasteiger partial charge on any atom is -0.495 e. The van der Waals surface area contributed by atoms with Crippen LogP contribution in [0, 0.1) is 0 Å². The standard InChI is InChI=1S/C29H30N10O2/c1-4-12-38-28(40)21-18-32-29(33-20-8-9-24(25(17-20)41-3)37-15-13-36(2)14-16-37)35-27(21)39(38)26-7-5-6-22(34-26)23-19-30-10-11-31-23/h4-11,17-19H,1,12-16H2,2-3H3,(H,32,33,35). The summed E-state index contributed by atoms with van der Waals surface area (Å²) >= 11 is 0. The zero-order chi connectivity index (χ0) is 28.3. The molecule has 0 amide bonds. The Kier molecular flexibility index (Phi) is 7.13. The molecule has 0 spiro atoms. The monoisotopic (exact) mass is 550 g/mol. The van der Waals surface area contributed by atoms with Crippen LogP contribution < -0.4 is 20.5 Å². The first-order valence-electron chi connectivity index (χ1n) is 13.3. The molecule has 0 bridgehead atoms. The molecule has 1 fully saturated rings.